The number of rotatable bonds is 6. The second kappa shape index (κ2) is 8.24. The summed E-state index contributed by atoms with van der Waals surface area (Å²) < 4.78 is 5.64. The first kappa shape index (κ1) is 18.9. The number of methoxy groups -OCH3 is 1. The summed E-state index contributed by atoms with van der Waals surface area (Å²) in [7, 11) is 5.87. The highest BCUT2D eigenvalue weighted by Crippen LogP contribution is 2.49. The number of nitrogens with zero attached hydrogens (tertiary/aromatic N) is 1. The first-order valence-corrected chi connectivity index (χ1v) is 9.60. The van der Waals surface area contributed by atoms with Crippen molar-refractivity contribution in [3.63, 3.8) is 0 Å². The zero-order valence-corrected chi connectivity index (χ0v) is 16.2. The molecule has 3 atom stereocenters. The maximum atomic E-state index is 12.2. The van der Waals surface area contributed by atoms with Crippen molar-refractivity contribution >= 4 is 0 Å². The molecular weight excluding hydrogens is 322 g/mol. The molecule has 1 saturated carbocycles. The molecule has 26 heavy (non-hydrogen) atoms. The molecule has 0 heterocycles. The Kier molecular flexibility index (Phi) is 6.00. The first-order chi connectivity index (χ1) is 12.6. The van der Waals surface area contributed by atoms with Gasteiger partial charge in [0.25, 0.3) is 0 Å². The van der Waals surface area contributed by atoms with Gasteiger partial charge in [0.1, 0.15) is 11.4 Å². The number of para-hydroxylation sites is 1. The number of hydrogen-bond acceptors (Lipinski definition) is 3. The molecule has 0 bridgehead atoms. The fraction of sp³-hybridized carbons (Fsp3) is 0.478. The van der Waals surface area contributed by atoms with Crippen LogP contribution in [0.2, 0.25) is 0 Å². The van der Waals surface area contributed by atoms with Gasteiger partial charge in [0, 0.05) is 18.0 Å². The van der Waals surface area contributed by atoms with Crippen LogP contribution in [0.15, 0.2) is 54.6 Å². The summed E-state index contributed by atoms with van der Waals surface area (Å²) in [6.45, 7) is 0.875. The van der Waals surface area contributed by atoms with E-state index >= 15 is 0 Å². The van der Waals surface area contributed by atoms with E-state index in [0.717, 1.165) is 43.5 Å². The monoisotopic (exact) mass is 353 g/mol. The lowest BCUT2D eigenvalue weighted by atomic mass is 9.63. The Morgan fingerprint density at radius 1 is 1.00 bits per heavy atom. The molecule has 0 spiro atoms. The molecule has 3 rings (SSSR count). The third-order valence-electron chi connectivity index (χ3n) is 5.80. The van der Waals surface area contributed by atoms with Crippen LogP contribution in [0.4, 0.5) is 0 Å². The van der Waals surface area contributed by atoms with Gasteiger partial charge in [0.2, 0.25) is 0 Å². The first-order valence-electron chi connectivity index (χ1n) is 9.60. The van der Waals surface area contributed by atoms with E-state index < -0.39 is 5.60 Å². The molecule has 1 fully saturated rings. The Labute approximate surface area is 157 Å². The van der Waals surface area contributed by atoms with Gasteiger partial charge in [-0.1, -0.05) is 55.0 Å². The fourth-order valence-electron chi connectivity index (χ4n) is 4.63. The maximum absolute atomic E-state index is 12.2. The number of benzene rings is 2. The standard InChI is InChI=1S/C23H31NO2/c1-24(2)17-20-13-9-12-19(16-18-10-5-4-6-11-18)23(20,25)21-14-7-8-15-22(21)26-3/h4-8,10-11,14-15,19-20,25H,9,12-13,16-17H2,1-3H3. The molecule has 2 aromatic rings. The number of ether oxygens (including phenoxy) is 1. The molecular formula is C23H31NO2. The molecule has 0 aliphatic heterocycles. The van der Waals surface area contributed by atoms with Crippen LogP contribution in [0.5, 0.6) is 5.75 Å². The molecule has 3 unspecified atom stereocenters. The molecule has 1 aliphatic rings. The van der Waals surface area contributed by atoms with Crippen LogP contribution in [-0.4, -0.2) is 37.8 Å². The van der Waals surface area contributed by atoms with Crippen molar-refractivity contribution in [2.45, 2.75) is 31.3 Å². The number of hydrogen-bond donors (Lipinski definition) is 1. The minimum atomic E-state index is -0.884. The normalized spacial score (nSPS) is 26.0. The van der Waals surface area contributed by atoms with Crippen molar-refractivity contribution in [2.24, 2.45) is 11.8 Å². The third kappa shape index (κ3) is 3.79. The molecule has 0 aromatic heterocycles. The molecule has 3 nitrogen and oxygen atoms in total. The van der Waals surface area contributed by atoms with Crippen molar-refractivity contribution < 1.29 is 9.84 Å². The van der Waals surface area contributed by atoms with Gasteiger partial charge >= 0.3 is 0 Å². The Balaban J connectivity index is 2.03. The lowest BCUT2D eigenvalue weighted by Crippen LogP contribution is -2.49. The summed E-state index contributed by atoms with van der Waals surface area (Å²) in [6.07, 6.45) is 4.12. The summed E-state index contributed by atoms with van der Waals surface area (Å²) in [5, 5.41) is 12.2. The minimum absolute atomic E-state index is 0.180. The van der Waals surface area contributed by atoms with Gasteiger partial charge in [-0.25, -0.2) is 0 Å². The van der Waals surface area contributed by atoms with Crippen molar-refractivity contribution in [2.75, 3.05) is 27.7 Å². The zero-order chi connectivity index (χ0) is 18.6. The van der Waals surface area contributed by atoms with Crippen LogP contribution in [0.25, 0.3) is 0 Å². The molecule has 0 amide bonds. The highest BCUT2D eigenvalue weighted by Gasteiger charge is 2.48. The van der Waals surface area contributed by atoms with E-state index in [1.807, 2.05) is 30.3 Å². The third-order valence-corrected chi connectivity index (χ3v) is 5.80. The van der Waals surface area contributed by atoms with E-state index in [2.05, 4.69) is 43.3 Å². The smallest absolute Gasteiger partial charge is 0.124 e. The van der Waals surface area contributed by atoms with E-state index in [0.29, 0.717) is 0 Å². The molecule has 3 heteroatoms. The predicted molar refractivity (Wildman–Crippen MR) is 106 cm³/mol. The second-order valence-electron chi connectivity index (χ2n) is 7.80. The summed E-state index contributed by atoms with van der Waals surface area (Å²) in [6, 6.07) is 18.5. The Bertz CT molecular complexity index is 700. The zero-order valence-electron chi connectivity index (χ0n) is 16.2. The van der Waals surface area contributed by atoms with E-state index in [1.54, 1.807) is 7.11 Å². The van der Waals surface area contributed by atoms with Crippen LogP contribution >= 0.6 is 0 Å². The Morgan fingerprint density at radius 3 is 2.35 bits per heavy atom. The lowest BCUT2D eigenvalue weighted by Gasteiger charge is -2.48. The highest BCUT2D eigenvalue weighted by atomic mass is 16.5. The van der Waals surface area contributed by atoms with Crippen molar-refractivity contribution in [3.05, 3.63) is 65.7 Å². The van der Waals surface area contributed by atoms with Crippen molar-refractivity contribution in [3.8, 4) is 5.75 Å². The fourth-order valence-corrected chi connectivity index (χ4v) is 4.63. The van der Waals surface area contributed by atoms with Gasteiger partial charge in [0.15, 0.2) is 0 Å². The summed E-state index contributed by atoms with van der Waals surface area (Å²) in [4.78, 5) is 2.19. The van der Waals surface area contributed by atoms with E-state index in [1.165, 1.54) is 5.56 Å². The van der Waals surface area contributed by atoms with E-state index in [9.17, 15) is 5.11 Å². The van der Waals surface area contributed by atoms with Crippen LogP contribution < -0.4 is 4.74 Å². The Hall–Kier alpha value is -1.84. The average Bonchev–Trinajstić information content (AvgIpc) is 2.65. The van der Waals surface area contributed by atoms with Crippen molar-refractivity contribution in [1.29, 1.82) is 0 Å². The van der Waals surface area contributed by atoms with Gasteiger partial charge in [-0.2, -0.15) is 0 Å². The summed E-state index contributed by atoms with van der Waals surface area (Å²) in [5.74, 6) is 1.16. The molecule has 1 aliphatic carbocycles. The second-order valence-corrected chi connectivity index (χ2v) is 7.80. The van der Waals surface area contributed by atoms with Crippen LogP contribution in [-0.2, 0) is 12.0 Å². The Morgan fingerprint density at radius 2 is 1.65 bits per heavy atom. The summed E-state index contributed by atoms with van der Waals surface area (Å²) >= 11 is 0. The topological polar surface area (TPSA) is 32.7 Å². The van der Waals surface area contributed by atoms with Gasteiger partial charge in [-0.05, 0) is 50.9 Å². The average molecular weight is 354 g/mol. The van der Waals surface area contributed by atoms with E-state index in [4.69, 9.17) is 4.74 Å². The quantitative estimate of drug-likeness (QED) is 0.848. The van der Waals surface area contributed by atoms with Gasteiger partial charge in [0.05, 0.1) is 7.11 Å². The predicted octanol–water partition coefficient (Wildman–Crippen LogP) is 4.10. The molecule has 140 valence electrons. The van der Waals surface area contributed by atoms with Gasteiger partial charge in [-0.3, -0.25) is 0 Å². The SMILES string of the molecule is COc1ccccc1C1(O)C(Cc2ccccc2)CCCC1CN(C)C. The minimum Gasteiger partial charge on any atom is -0.496 e. The van der Waals surface area contributed by atoms with Gasteiger partial charge in [-0.15, -0.1) is 0 Å². The molecule has 2 aromatic carbocycles. The lowest BCUT2D eigenvalue weighted by molar-refractivity contribution is -0.109. The molecule has 0 saturated heterocycles. The summed E-state index contributed by atoms with van der Waals surface area (Å²) in [5.41, 5.74) is 1.34. The van der Waals surface area contributed by atoms with E-state index in [-0.39, 0.29) is 11.8 Å². The van der Waals surface area contributed by atoms with Gasteiger partial charge < -0.3 is 14.7 Å². The van der Waals surface area contributed by atoms with Crippen molar-refractivity contribution in [1.82, 2.24) is 4.90 Å². The van der Waals surface area contributed by atoms with Crippen LogP contribution in [0.3, 0.4) is 0 Å². The van der Waals surface area contributed by atoms with Crippen LogP contribution in [0, 0.1) is 11.8 Å². The molecule has 0 radical (unpaired) electrons. The molecule has 1 N–H and O–H groups in total. The maximum Gasteiger partial charge on any atom is 0.124 e. The van der Waals surface area contributed by atoms with Crippen LogP contribution in [0.1, 0.15) is 30.4 Å². The number of aliphatic hydroxyl groups is 1. The highest BCUT2D eigenvalue weighted by molar-refractivity contribution is 5.40. The largest absolute Gasteiger partial charge is 0.496 e.